The lowest BCUT2D eigenvalue weighted by molar-refractivity contribution is -0.122. The number of unbranched alkanes of at least 4 members (excludes halogenated alkanes) is 2. The Labute approximate surface area is 160 Å². The summed E-state index contributed by atoms with van der Waals surface area (Å²) in [5, 5.41) is 3.23. The quantitative estimate of drug-likeness (QED) is 0.464. The number of rotatable bonds is 7. The average molecular weight is 367 g/mol. The topological polar surface area (TPSA) is 32.7 Å². The largest absolute Gasteiger partial charge is 0.287 e. The summed E-state index contributed by atoms with van der Waals surface area (Å²) in [6.07, 6.45) is 6.27. The van der Waals surface area contributed by atoms with Crippen LogP contribution in [-0.4, -0.2) is 29.1 Å². The van der Waals surface area contributed by atoms with Gasteiger partial charge in [0.1, 0.15) is 0 Å². The van der Waals surface area contributed by atoms with Gasteiger partial charge in [-0.25, -0.2) is 0 Å². The van der Waals surface area contributed by atoms with Gasteiger partial charge >= 0.3 is 0 Å². The average Bonchev–Trinajstić information content (AvgIpc) is 2.95. The van der Waals surface area contributed by atoms with Gasteiger partial charge in [0.15, 0.2) is 5.17 Å². The Bertz CT molecular complexity index is 836. The number of fused-ring (bicyclic) bond motifs is 1. The second kappa shape index (κ2) is 9.04. The van der Waals surface area contributed by atoms with Crippen molar-refractivity contribution < 1.29 is 4.79 Å². The van der Waals surface area contributed by atoms with Crippen LogP contribution in [0, 0.1) is 0 Å². The van der Waals surface area contributed by atoms with E-state index in [0.29, 0.717) is 0 Å². The second-order valence-corrected chi connectivity index (χ2v) is 7.52. The van der Waals surface area contributed by atoms with E-state index in [9.17, 15) is 4.79 Å². The fraction of sp³-hybridized carbons (Fsp3) is 0.364. The molecule has 3 nitrogen and oxygen atoms in total. The molecule has 1 aliphatic rings. The number of aliphatic imine (C=N–C) groups is 1. The van der Waals surface area contributed by atoms with Gasteiger partial charge in [0.25, 0.3) is 5.91 Å². The highest BCUT2D eigenvalue weighted by Gasteiger charge is 2.32. The number of amidine groups is 1. The van der Waals surface area contributed by atoms with E-state index in [1.165, 1.54) is 22.5 Å². The van der Waals surface area contributed by atoms with Crippen LogP contribution in [-0.2, 0) is 4.79 Å². The molecule has 0 radical (unpaired) electrons. The summed E-state index contributed by atoms with van der Waals surface area (Å²) in [5.41, 5.74) is 1.09. The maximum atomic E-state index is 13.0. The Morgan fingerprint density at radius 3 is 2.62 bits per heavy atom. The van der Waals surface area contributed by atoms with Crippen molar-refractivity contribution in [3.8, 4) is 0 Å². The van der Waals surface area contributed by atoms with Gasteiger partial charge in [0, 0.05) is 13.1 Å². The molecule has 1 heterocycles. The van der Waals surface area contributed by atoms with Crippen LogP contribution < -0.4 is 0 Å². The van der Waals surface area contributed by atoms with Gasteiger partial charge in [-0.2, -0.15) is 0 Å². The standard InChI is InChI=1S/C22H26N2OS/c1-3-5-14-23-22-24(15-6-4-2)21(25)20(26-22)16-18-12-9-11-17-10-7-8-13-19(17)18/h7-13,16H,3-6,14-15H2,1-2H3/b20-16+,23-22?. The molecule has 0 spiro atoms. The molecular formula is C22H26N2OS. The summed E-state index contributed by atoms with van der Waals surface area (Å²) in [7, 11) is 0. The van der Waals surface area contributed by atoms with Crippen molar-refractivity contribution >= 4 is 39.7 Å². The number of nitrogens with zero attached hydrogens (tertiary/aromatic N) is 2. The molecule has 0 aliphatic carbocycles. The molecule has 26 heavy (non-hydrogen) atoms. The van der Waals surface area contributed by atoms with E-state index < -0.39 is 0 Å². The molecule has 0 bridgehead atoms. The first kappa shape index (κ1) is 18.7. The lowest BCUT2D eigenvalue weighted by atomic mass is 10.0. The Morgan fingerprint density at radius 2 is 1.81 bits per heavy atom. The lowest BCUT2D eigenvalue weighted by Gasteiger charge is -2.14. The van der Waals surface area contributed by atoms with Crippen molar-refractivity contribution in [3.63, 3.8) is 0 Å². The van der Waals surface area contributed by atoms with E-state index in [4.69, 9.17) is 4.99 Å². The van der Waals surface area contributed by atoms with E-state index in [-0.39, 0.29) is 5.91 Å². The van der Waals surface area contributed by atoms with Crippen LogP contribution in [0.15, 0.2) is 52.4 Å². The molecule has 2 aromatic rings. The molecule has 0 saturated carbocycles. The number of benzene rings is 2. The Balaban J connectivity index is 1.92. The van der Waals surface area contributed by atoms with Crippen LogP contribution in [0.2, 0.25) is 0 Å². The maximum absolute atomic E-state index is 13.0. The zero-order valence-corrected chi connectivity index (χ0v) is 16.4. The second-order valence-electron chi connectivity index (χ2n) is 6.51. The highest BCUT2D eigenvalue weighted by Crippen LogP contribution is 2.34. The van der Waals surface area contributed by atoms with Gasteiger partial charge in [-0.05, 0) is 47.0 Å². The van der Waals surface area contributed by atoms with Crippen molar-refractivity contribution in [2.45, 2.75) is 39.5 Å². The van der Waals surface area contributed by atoms with Crippen molar-refractivity contribution in [1.82, 2.24) is 4.90 Å². The fourth-order valence-corrected chi connectivity index (χ4v) is 4.01. The molecule has 3 rings (SSSR count). The van der Waals surface area contributed by atoms with E-state index >= 15 is 0 Å². The van der Waals surface area contributed by atoms with E-state index in [2.05, 4.69) is 38.1 Å². The zero-order valence-electron chi connectivity index (χ0n) is 15.6. The van der Waals surface area contributed by atoms with Gasteiger partial charge in [0.2, 0.25) is 0 Å². The number of hydrogen-bond donors (Lipinski definition) is 0. The zero-order chi connectivity index (χ0) is 18.4. The van der Waals surface area contributed by atoms with E-state index in [0.717, 1.165) is 54.4 Å². The van der Waals surface area contributed by atoms with Crippen molar-refractivity contribution in [2.24, 2.45) is 4.99 Å². The summed E-state index contributed by atoms with van der Waals surface area (Å²) in [5.74, 6) is 0.0895. The predicted molar refractivity (Wildman–Crippen MR) is 113 cm³/mol. The smallest absolute Gasteiger partial charge is 0.266 e. The fourth-order valence-electron chi connectivity index (χ4n) is 2.99. The van der Waals surface area contributed by atoms with Crippen LogP contribution in [0.1, 0.15) is 45.1 Å². The molecule has 1 saturated heterocycles. The Kier molecular flexibility index (Phi) is 6.51. The maximum Gasteiger partial charge on any atom is 0.266 e. The minimum Gasteiger partial charge on any atom is -0.287 e. The molecule has 1 aliphatic heterocycles. The highest BCUT2D eigenvalue weighted by molar-refractivity contribution is 8.18. The highest BCUT2D eigenvalue weighted by atomic mass is 32.2. The Hall–Kier alpha value is -2.07. The number of thioether (sulfide) groups is 1. The van der Waals surface area contributed by atoms with E-state index in [1.807, 2.05) is 29.2 Å². The van der Waals surface area contributed by atoms with Gasteiger partial charge in [-0.3, -0.25) is 14.7 Å². The van der Waals surface area contributed by atoms with Crippen LogP contribution in [0.3, 0.4) is 0 Å². The SMILES string of the molecule is CCCCN=C1S/C(=C/c2cccc3ccccc23)C(=O)N1CCCC. The first-order valence-corrected chi connectivity index (χ1v) is 10.3. The van der Waals surface area contributed by atoms with Crippen molar-refractivity contribution in [1.29, 1.82) is 0 Å². The molecule has 0 atom stereocenters. The normalized spacial score (nSPS) is 17.8. The van der Waals surface area contributed by atoms with Crippen LogP contribution in [0.5, 0.6) is 0 Å². The monoisotopic (exact) mass is 366 g/mol. The summed E-state index contributed by atoms with van der Waals surface area (Å²) in [6, 6.07) is 14.5. The number of carbonyl (C=O) groups excluding carboxylic acids is 1. The first-order valence-electron chi connectivity index (χ1n) is 9.48. The molecule has 1 fully saturated rings. The van der Waals surface area contributed by atoms with Crippen LogP contribution >= 0.6 is 11.8 Å². The third-order valence-corrected chi connectivity index (χ3v) is 5.54. The Morgan fingerprint density at radius 1 is 1.04 bits per heavy atom. The number of carbonyl (C=O) groups is 1. The van der Waals surface area contributed by atoms with Crippen LogP contribution in [0.25, 0.3) is 16.8 Å². The molecular weight excluding hydrogens is 340 g/mol. The summed E-state index contributed by atoms with van der Waals surface area (Å²) in [6.45, 7) is 5.85. The summed E-state index contributed by atoms with van der Waals surface area (Å²) in [4.78, 5) is 20.3. The molecule has 4 heteroatoms. The van der Waals surface area contributed by atoms with Gasteiger partial charge in [-0.1, -0.05) is 69.2 Å². The molecule has 0 aromatic heterocycles. The number of hydrogen-bond acceptors (Lipinski definition) is 3. The third kappa shape index (κ3) is 4.18. The molecule has 0 N–H and O–H groups in total. The number of amides is 1. The van der Waals surface area contributed by atoms with Crippen molar-refractivity contribution in [3.05, 3.63) is 52.9 Å². The van der Waals surface area contributed by atoms with Crippen LogP contribution in [0.4, 0.5) is 0 Å². The molecule has 1 amide bonds. The third-order valence-electron chi connectivity index (χ3n) is 4.49. The summed E-state index contributed by atoms with van der Waals surface area (Å²) >= 11 is 1.52. The summed E-state index contributed by atoms with van der Waals surface area (Å²) < 4.78 is 0. The first-order chi connectivity index (χ1) is 12.7. The van der Waals surface area contributed by atoms with Crippen molar-refractivity contribution in [2.75, 3.05) is 13.1 Å². The lowest BCUT2D eigenvalue weighted by Crippen LogP contribution is -2.30. The molecule has 0 unspecified atom stereocenters. The van der Waals surface area contributed by atoms with Gasteiger partial charge in [-0.15, -0.1) is 0 Å². The minimum absolute atomic E-state index is 0.0895. The van der Waals surface area contributed by atoms with Gasteiger partial charge in [0.05, 0.1) is 4.91 Å². The molecule has 136 valence electrons. The minimum atomic E-state index is 0.0895. The van der Waals surface area contributed by atoms with Gasteiger partial charge < -0.3 is 0 Å². The predicted octanol–water partition coefficient (Wildman–Crippen LogP) is 5.71. The molecule has 2 aromatic carbocycles. The van der Waals surface area contributed by atoms with E-state index in [1.54, 1.807) is 0 Å².